The van der Waals surface area contributed by atoms with Crippen molar-refractivity contribution in [1.29, 1.82) is 0 Å². The molecule has 0 aliphatic carbocycles. The van der Waals surface area contributed by atoms with Crippen molar-refractivity contribution in [2.24, 2.45) is 0 Å². The smallest absolute Gasteiger partial charge is 0.263 e. The molecule has 1 aliphatic heterocycles. The van der Waals surface area contributed by atoms with Crippen LogP contribution in [0, 0.1) is 13.8 Å². The molecule has 0 bridgehead atoms. The van der Waals surface area contributed by atoms with Crippen molar-refractivity contribution in [2.75, 3.05) is 11.3 Å². The fourth-order valence-corrected chi connectivity index (χ4v) is 4.12. The van der Waals surface area contributed by atoms with Crippen LogP contribution < -0.4 is 9.46 Å². The summed E-state index contributed by atoms with van der Waals surface area (Å²) >= 11 is 1.34. The Labute approximate surface area is 121 Å². The number of anilines is 1. The number of fused-ring (bicyclic) bond motifs is 1. The molecule has 0 unspecified atom stereocenters. The molecule has 1 aromatic carbocycles. The van der Waals surface area contributed by atoms with Gasteiger partial charge in [0.05, 0.1) is 17.2 Å². The van der Waals surface area contributed by atoms with Crippen LogP contribution >= 0.6 is 11.3 Å². The lowest BCUT2D eigenvalue weighted by atomic mass is 10.2. The summed E-state index contributed by atoms with van der Waals surface area (Å²) in [5.41, 5.74) is 1.77. The van der Waals surface area contributed by atoms with E-state index in [2.05, 4.69) is 9.71 Å². The van der Waals surface area contributed by atoms with Gasteiger partial charge in [0.15, 0.2) is 5.13 Å². The third-order valence-corrected chi connectivity index (χ3v) is 5.68. The van der Waals surface area contributed by atoms with Gasteiger partial charge in [-0.05, 0) is 37.6 Å². The fraction of sp³-hybridized carbons (Fsp3) is 0.308. The summed E-state index contributed by atoms with van der Waals surface area (Å²) in [6.45, 7) is 4.38. The van der Waals surface area contributed by atoms with Crippen LogP contribution in [0.15, 0.2) is 23.1 Å². The number of sulfonamides is 1. The molecule has 0 fully saturated rings. The van der Waals surface area contributed by atoms with Crippen LogP contribution in [0.5, 0.6) is 5.75 Å². The standard InChI is InChI=1S/C13H14N2O3S2/c1-8-9(2)19-13(14-8)15-20(16,17)11-3-4-12-10(7-11)5-6-18-12/h3-4,7H,5-6H2,1-2H3,(H,14,15). The van der Waals surface area contributed by atoms with E-state index in [1.165, 1.54) is 11.3 Å². The molecule has 1 N–H and O–H groups in total. The van der Waals surface area contributed by atoms with Crippen LogP contribution in [0.4, 0.5) is 5.13 Å². The maximum atomic E-state index is 12.3. The number of benzene rings is 1. The van der Waals surface area contributed by atoms with E-state index in [9.17, 15) is 8.42 Å². The molecular formula is C13H14N2O3S2. The van der Waals surface area contributed by atoms with E-state index in [4.69, 9.17) is 4.74 Å². The first kappa shape index (κ1) is 13.4. The Hall–Kier alpha value is -1.60. The highest BCUT2D eigenvalue weighted by molar-refractivity contribution is 7.93. The molecule has 2 heterocycles. The van der Waals surface area contributed by atoms with Crippen molar-refractivity contribution in [2.45, 2.75) is 25.2 Å². The summed E-state index contributed by atoms with van der Waals surface area (Å²) in [6, 6.07) is 4.92. The highest BCUT2D eigenvalue weighted by Gasteiger charge is 2.20. The molecule has 0 atom stereocenters. The van der Waals surface area contributed by atoms with Crippen LogP contribution in [0.1, 0.15) is 16.1 Å². The minimum atomic E-state index is -3.60. The van der Waals surface area contributed by atoms with Crippen molar-refractivity contribution in [3.63, 3.8) is 0 Å². The Morgan fingerprint density at radius 3 is 2.85 bits per heavy atom. The zero-order valence-electron chi connectivity index (χ0n) is 11.1. The largest absolute Gasteiger partial charge is 0.493 e. The summed E-state index contributed by atoms with van der Waals surface area (Å²) in [5.74, 6) is 0.768. The summed E-state index contributed by atoms with van der Waals surface area (Å²) in [6.07, 6.45) is 0.744. The van der Waals surface area contributed by atoms with Crippen molar-refractivity contribution >= 4 is 26.5 Å². The van der Waals surface area contributed by atoms with Gasteiger partial charge in [-0.3, -0.25) is 4.72 Å². The van der Waals surface area contributed by atoms with Gasteiger partial charge in [0.25, 0.3) is 10.0 Å². The first-order chi connectivity index (χ1) is 9.45. The normalized spacial score (nSPS) is 13.9. The maximum absolute atomic E-state index is 12.3. The van der Waals surface area contributed by atoms with E-state index in [1.807, 2.05) is 13.8 Å². The number of hydrogen-bond donors (Lipinski definition) is 1. The Balaban J connectivity index is 1.92. The van der Waals surface area contributed by atoms with Gasteiger partial charge in [-0.1, -0.05) is 0 Å². The minimum absolute atomic E-state index is 0.243. The molecule has 0 saturated heterocycles. The average molecular weight is 310 g/mol. The molecule has 5 nitrogen and oxygen atoms in total. The van der Waals surface area contributed by atoms with Crippen LogP contribution in [-0.2, 0) is 16.4 Å². The lowest BCUT2D eigenvalue weighted by Gasteiger charge is -2.06. The molecular weight excluding hydrogens is 296 g/mol. The first-order valence-corrected chi connectivity index (χ1v) is 8.48. The van der Waals surface area contributed by atoms with E-state index in [-0.39, 0.29) is 4.90 Å². The molecule has 3 rings (SSSR count). The Morgan fingerprint density at radius 2 is 2.15 bits per heavy atom. The molecule has 0 spiro atoms. The molecule has 1 aromatic heterocycles. The SMILES string of the molecule is Cc1nc(NS(=O)(=O)c2ccc3c(c2)CCO3)sc1C. The lowest BCUT2D eigenvalue weighted by molar-refractivity contribution is 0.356. The van der Waals surface area contributed by atoms with Gasteiger partial charge < -0.3 is 4.74 Å². The van der Waals surface area contributed by atoms with Crippen molar-refractivity contribution in [3.8, 4) is 5.75 Å². The molecule has 20 heavy (non-hydrogen) atoms. The number of nitrogens with zero attached hydrogens (tertiary/aromatic N) is 1. The summed E-state index contributed by atoms with van der Waals surface area (Å²) in [5, 5.41) is 0.400. The summed E-state index contributed by atoms with van der Waals surface area (Å²) < 4.78 is 32.6. The number of aromatic nitrogens is 1. The second-order valence-corrected chi connectivity index (χ2v) is 7.52. The Kier molecular flexibility index (Phi) is 3.18. The highest BCUT2D eigenvalue weighted by Crippen LogP contribution is 2.29. The molecule has 0 amide bonds. The zero-order valence-corrected chi connectivity index (χ0v) is 12.8. The summed E-state index contributed by atoms with van der Waals surface area (Å²) in [4.78, 5) is 5.44. The Bertz CT molecular complexity index is 746. The number of hydrogen-bond acceptors (Lipinski definition) is 5. The van der Waals surface area contributed by atoms with Crippen LogP contribution in [0.25, 0.3) is 0 Å². The zero-order chi connectivity index (χ0) is 14.3. The molecule has 1 aliphatic rings. The number of nitrogens with one attached hydrogen (secondary N) is 1. The number of rotatable bonds is 3. The predicted molar refractivity (Wildman–Crippen MR) is 78.0 cm³/mol. The van der Waals surface area contributed by atoms with Gasteiger partial charge in [0.2, 0.25) is 0 Å². The number of ether oxygens (including phenoxy) is 1. The van der Waals surface area contributed by atoms with Crippen molar-refractivity contribution in [1.82, 2.24) is 4.98 Å². The molecule has 2 aromatic rings. The van der Waals surface area contributed by atoms with Crippen LogP contribution in [-0.4, -0.2) is 20.0 Å². The fourth-order valence-electron chi connectivity index (χ4n) is 2.02. The van der Waals surface area contributed by atoms with Gasteiger partial charge in [0, 0.05) is 11.3 Å². The van der Waals surface area contributed by atoms with E-state index >= 15 is 0 Å². The quantitative estimate of drug-likeness (QED) is 0.945. The van der Waals surface area contributed by atoms with E-state index in [0.717, 1.165) is 28.3 Å². The van der Waals surface area contributed by atoms with Gasteiger partial charge in [0.1, 0.15) is 5.75 Å². The van der Waals surface area contributed by atoms with E-state index < -0.39 is 10.0 Å². The van der Waals surface area contributed by atoms with Gasteiger partial charge in [-0.15, -0.1) is 11.3 Å². The third-order valence-electron chi connectivity index (χ3n) is 3.22. The van der Waals surface area contributed by atoms with E-state index in [1.54, 1.807) is 18.2 Å². The summed E-state index contributed by atoms with van der Waals surface area (Å²) in [7, 11) is -3.60. The van der Waals surface area contributed by atoms with Crippen molar-refractivity contribution in [3.05, 3.63) is 34.3 Å². The predicted octanol–water partition coefficient (Wildman–Crippen LogP) is 2.50. The molecule has 7 heteroatoms. The maximum Gasteiger partial charge on any atom is 0.263 e. The number of thiazole rings is 1. The third kappa shape index (κ3) is 2.38. The lowest BCUT2D eigenvalue weighted by Crippen LogP contribution is -2.12. The molecule has 0 saturated carbocycles. The van der Waals surface area contributed by atoms with Gasteiger partial charge in [-0.2, -0.15) is 0 Å². The Morgan fingerprint density at radius 1 is 1.35 bits per heavy atom. The second-order valence-electron chi connectivity index (χ2n) is 4.63. The minimum Gasteiger partial charge on any atom is -0.493 e. The molecule has 0 radical (unpaired) electrons. The van der Waals surface area contributed by atoms with Crippen LogP contribution in [0.3, 0.4) is 0 Å². The van der Waals surface area contributed by atoms with Gasteiger partial charge >= 0.3 is 0 Å². The monoisotopic (exact) mass is 310 g/mol. The van der Waals surface area contributed by atoms with Crippen molar-refractivity contribution < 1.29 is 13.2 Å². The van der Waals surface area contributed by atoms with E-state index in [0.29, 0.717) is 11.7 Å². The van der Waals surface area contributed by atoms with Gasteiger partial charge in [-0.25, -0.2) is 13.4 Å². The molecule has 106 valence electrons. The first-order valence-electron chi connectivity index (χ1n) is 6.18. The highest BCUT2D eigenvalue weighted by atomic mass is 32.2. The second kappa shape index (κ2) is 4.75. The van der Waals surface area contributed by atoms with Crippen LogP contribution in [0.2, 0.25) is 0 Å². The number of aryl methyl sites for hydroxylation is 2. The average Bonchev–Trinajstić information content (AvgIpc) is 2.95. The topological polar surface area (TPSA) is 68.3 Å².